The summed E-state index contributed by atoms with van der Waals surface area (Å²) in [7, 11) is -3.42. The molecule has 0 saturated heterocycles. The highest BCUT2D eigenvalue weighted by Crippen LogP contribution is 2.12. The highest BCUT2D eigenvalue weighted by molar-refractivity contribution is 7.90. The molecule has 2 aromatic rings. The van der Waals surface area contributed by atoms with Crippen LogP contribution in [0.25, 0.3) is 0 Å². The fraction of sp³-hybridized carbons (Fsp3) is 0.176. The van der Waals surface area contributed by atoms with Gasteiger partial charge in [-0.3, -0.25) is 4.79 Å². The van der Waals surface area contributed by atoms with E-state index in [1.54, 1.807) is 0 Å². The smallest absolute Gasteiger partial charge is 0.338 e. The maximum atomic E-state index is 11.9. The molecule has 24 heavy (non-hydrogen) atoms. The minimum absolute atomic E-state index is 0.0190. The van der Waals surface area contributed by atoms with Gasteiger partial charge >= 0.3 is 5.97 Å². The van der Waals surface area contributed by atoms with Crippen LogP contribution in [0.5, 0.6) is 0 Å². The molecule has 0 bridgehead atoms. The van der Waals surface area contributed by atoms with E-state index in [1.807, 2.05) is 30.3 Å². The quantitative estimate of drug-likeness (QED) is 0.801. The Balaban J connectivity index is 1.88. The van der Waals surface area contributed by atoms with Gasteiger partial charge in [0.1, 0.15) is 0 Å². The van der Waals surface area contributed by atoms with Gasteiger partial charge in [0.2, 0.25) is 0 Å². The molecule has 2 rings (SSSR count). The van der Waals surface area contributed by atoms with Crippen molar-refractivity contribution < 1.29 is 22.7 Å². The molecule has 0 aromatic heterocycles. The van der Waals surface area contributed by atoms with Crippen LogP contribution in [-0.4, -0.2) is 33.2 Å². The van der Waals surface area contributed by atoms with Gasteiger partial charge in [-0.2, -0.15) is 0 Å². The van der Waals surface area contributed by atoms with E-state index in [0.717, 1.165) is 11.8 Å². The Bertz CT molecular complexity index is 831. The van der Waals surface area contributed by atoms with E-state index in [2.05, 4.69) is 5.32 Å². The van der Waals surface area contributed by atoms with E-state index in [9.17, 15) is 18.0 Å². The second-order valence-corrected chi connectivity index (χ2v) is 7.15. The van der Waals surface area contributed by atoms with Gasteiger partial charge in [0.15, 0.2) is 16.4 Å². The van der Waals surface area contributed by atoms with Gasteiger partial charge in [-0.05, 0) is 23.8 Å². The minimum Gasteiger partial charge on any atom is -0.452 e. The second-order valence-electron chi connectivity index (χ2n) is 5.14. The summed E-state index contributed by atoms with van der Waals surface area (Å²) in [6.45, 7) is -0.102. The van der Waals surface area contributed by atoms with Crippen molar-refractivity contribution in [1.29, 1.82) is 0 Å². The van der Waals surface area contributed by atoms with E-state index in [1.165, 1.54) is 24.3 Å². The highest BCUT2D eigenvalue weighted by Gasteiger charge is 2.14. The lowest BCUT2D eigenvalue weighted by Crippen LogP contribution is -2.28. The summed E-state index contributed by atoms with van der Waals surface area (Å²) in [5.41, 5.74) is 1.01. The van der Waals surface area contributed by atoms with Crippen molar-refractivity contribution in [3.05, 3.63) is 65.7 Å². The molecule has 0 atom stereocenters. The fourth-order valence-corrected chi connectivity index (χ4v) is 2.58. The van der Waals surface area contributed by atoms with Crippen LogP contribution in [0.15, 0.2) is 59.5 Å². The maximum absolute atomic E-state index is 11.9. The van der Waals surface area contributed by atoms with Crippen LogP contribution in [0.4, 0.5) is 0 Å². The van der Waals surface area contributed by atoms with Crippen molar-refractivity contribution in [2.24, 2.45) is 0 Å². The van der Waals surface area contributed by atoms with Gasteiger partial charge in [0.25, 0.3) is 5.91 Å². The molecule has 0 aliphatic heterocycles. The number of ether oxygens (including phenoxy) is 1. The fourth-order valence-electron chi connectivity index (χ4n) is 1.92. The monoisotopic (exact) mass is 347 g/mol. The van der Waals surface area contributed by atoms with Crippen molar-refractivity contribution in [3.8, 4) is 0 Å². The predicted octanol–water partition coefficient (Wildman–Crippen LogP) is 1.56. The van der Waals surface area contributed by atoms with Crippen LogP contribution in [0, 0.1) is 0 Å². The van der Waals surface area contributed by atoms with Gasteiger partial charge in [-0.25, -0.2) is 13.2 Å². The first-order valence-electron chi connectivity index (χ1n) is 7.14. The molecule has 2 aromatic carbocycles. The Labute approximate surface area is 140 Å². The number of carbonyl (C=O) groups excluding carboxylic acids is 2. The first-order chi connectivity index (χ1) is 11.4. The summed E-state index contributed by atoms with van der Waals surface area (Å²) >= 11 is 0. The number of nitrogens with one attached hydrogen (secondary N) is 1. The third-order valence-corrected chi connectivity index (χ3v) is 4.27. The molecule has 6 nitrogen and oxygen atoms in total. The molecule has 1 amide bonds. The summed E-state index contributed by atoms with van der Waals surface area (Å²) < 4.78 is 27.9. The zero-order valence-corrected chi connectivity index (χ0v) is 13.9. The van der Waals surface area contributed by atoms with E-state index in [4.69, 9.17) is 4.74 Å². The summed E-state index contributed by atoms with van der Waals surface area (Å²) in [6.07, 6.45) is 1.05. The van der Waals surface area contributed by atoms with Crippen molar-refractivity contribution in [2.45, 2.75) is 11.4 Å². The van der Waals surface area contributed by atoms with Crippen LogP contribution < -0.4 is 5.32 Å². The number of hydrogen-bond acceptors (Lipinski definition) is 5. The molecule has 0 aliphatic carbocycles. The molecule has 126 valence electrons. The molecule has 0 radical (unpaired) electrons. The number of rotatable bonds is 6. The number of benzene rings is 2. The Morgan fingerprint density at radius 3 is 2.42 bits per heavy atom. The Morgan fingerprint density at radius 1 is 1.04 bits per heavy atom. The number of hydrogen-bond donors (Lipinski definition) is 1. The lowest BCUT2D eigenvalue weighted by Gasteiger charge is -2.07. The standard InChI is InChI=1S/C17H17NO5S/c1-24(21,22)15-9-5-8-14(10-15)17(20)23-12-16(19)18-11-13-6-3-2-4-7-13/h2-10H,11-12H2,1H3,(H,18,19). The third kappa shape index (κ3) is 5.20. The normalized spacial score (nSPS) is 10.9. The molecule has 1 N–H and O–H groups in total. The zero-order chi connectivity index (χ0) is 17.6. The summed E-state index contributed by atoms with van der Waals surface area (Å²) in [4.78, 5) is 23.6. The van der Waals surface area contributed by atoms with E-state index in [0.29, 0.717) is 6.54 Å². The first kappa shape index (κ1) is 17.7. The van der Waals surface area contributed by atoms with Crippen LogP contribution >= 0.6 is 0 Å². The average molecular weight is 347 g/mol. The Morgan fingerprint density at radius 2 is 1.75 bits per heavy atom. The Hall–Kier alpha value is -2.67. The van der Waals surface area contributed by atoms with Gasteiger partial charge in [-0.1, -0.05) is 36.4 Å². The van der Waals surface area contributed by atoms with Gasteiger partial charge in [0.05, 0.1) is 10.5 Å². The van der Waals surface area contributed by atoms with E-state index < -0.39 is 28.3 Å². The lowest BCUT2D eigenvalue weighted by molar-refractivity contribution is -0.124. The molecule has 0 aliphatic rings. The molecule has 0 saturated carbocycles. The van der Waals surface area contributed by atoms with Crippen LogP contribution in [0.1, 0.15) is 15.9 Å². The van der Waals surface area contributed by atoms with Gasteiger partial charge in [0, 0.05) is 12.8 Å². The molecule has 0 unspecified atom stereocenters. The van der Waals surface area contributed by atoms with Crippen LogP contribution in [0.2, 0.25) is 0 Å². The van der Waals surface area contributed by atoms with Gasteiger partial charge < -0.3 is 10.1 Å². The van der Waals surface area contributed by atoms with E-state index in [-0.39, 0.29) is 10.5 Å². The number of amides is 1. The first-order valence-corrected chi connectivity index (χ1v) is 9.03. The van der Waals surface area contributed by atoms with Crippen molar-refractivity contribution in [3.63, 3.8) is 0 Å². The molecule has 0 spiro atoms. The Kier molecular flexibility index (Phi) is 5.70. The SMILES string of the molecule is CS(=O)(=O)c1cccc(C(=O)OCC(=O)NCc2ccccc2)c1. The highest BCUT2D eigenvalue weighted by atomic mass is 32.2. The predicted molar refractivity (Wildman–Crippen MR) is 88.1 cm³/mol. The molecule has 0 fully saturated rings. The lowest BCUT2D eigenvalue weighted by atomic mass is 10.2. The minimum atomic E-state index is -3.42. The average Bonchev–Trinajstić information content (AvgIpc) is 2.58. The second kappa shape index (κ2) is 7.74. The van der Waals surface area contributed by atoms with E-state index >= 15 is 0 Å². The van der Waals surface area contributed by atoms with Crippen molar-refractivity contribution >= 4 is 21.7 Å². The summed E-state index contributed by atoms with van der Waals surface area (Å²) in [6, 6.07) is 14.8. The number of esters is 1. The van der Waals surface area contributed by atoms with Crippen LogP contribution in [0.3, 0.4) is 0 Å². The van der Waals surface area contributed by atoms with Crippen molar-refractivity contribution in [2.75, 3.05) is 12.9 Å². The molecular weight excluding hydrogens is 330 g/mol. The largest absolute Gasteiger partial charge is 0.452 e. The van der Waals surface area contributed by atoms with Gasteiger partial charge in [-0.15, -0.1) is 0 Å². The maximum Gasteiger partial charge on any atom is 0.338 e. The molecular formula is C17H17NO5S. The van der Waals surface area contributed by atoms with Crippen LogP contribution in [-0.2, 0) is 25.9 Å². The molecule has 0 heterocycles. The molecule has 7 heteroatoms. The summed E-state index contributed by atoms with van der Waals surface area (Å²) in [5, 5.41) is 2.63. The zero-order valence-electron chi connectivity index (χ0n) is 13.1. The third-order valence-electron chi connectivity index (χ3n) is 3.16. The number of carbonyl (C=O) groups is 2. The van der Waals surface area contributed by atoms with Crippen molar-refractivity contribution in [1.82, 2.24) is 5.32 Å². The number of sulfone groups is 1. The summed E-state index contributed by atoms with van der Waals surface area (Å²) in [5.74, 6) is -1.19. The topological polar surface area (TPSA) is 89.5 Å².